The van der Waals surface area contributed by atoms with E-state index in [9.17, 15) is 24.3 Å². The second kappa shape index (κ2) is 8.05. The summed E-state index contributed by atoms with van der Waals surface area (Å²) in [6, 6.07) is 0. The summed E-state index contributed by atoms with van der Waals surface area (Å²) in [5.41, 5.74) is -0.229. The van der Waals surface area contributed by atoms with Gasteiger partial charge in [0.05, 0.1) is 12.8 Å². The second-order valence-electron chi connectivity index (χ2n) is 10.5. The van der Waals surface area contributed by atoms with E-state index < -0.39 is 35.3 Å². The molecule has 0 aliphatic heterocycles. The van der Waals surface area contributed by atoms with Gasteiger partial charge in [-0.1, -0.05) is 37.1 Å². The van der Waals surface area contributed by atoms with Crippen LogP contribution in [0.4, 0.5) is 0 Å². The number of carboxylic acid groups (broad SMARTS) is 1. The van der Waals surface area contributed by atoms with Crippen LogP contribution in [0.25, 0.3) is 0 Å². The van der Waals surface area contributed by atoms with Crippen LogP contribution in [0.15, 0.2) is 35.5 Å². The molecule has 6 atom stereocenters. The SMILES string of the molecule is C[C@@H]1CC2C3CCC4=CC(=O)C=C[C@]4(C)C3=CC[C@]2(C)[C@@]1(O)C(=O)COC(=O)CCC(=O)O. The monoisotopic (exact) mass is 456 g/mol. The number of aliphatic hydroxyl groups is 1. The molecule has 0 aromatic carbocycles. The minimum Gasteiger partial charge on any atom is -0.481 e. The Labute approximate surface area is 193 Å². The number of allylic oxidation sites excluding steroid dienone is 6. The second-order valence-corrected chi connectivity index (χ2v) is 10.5. The van der Waals surface area contributed by atoms with Crippen molar-refractivity contribution in [3.05, 3.63) is 35.5 Å². The fraction of sp³-hybridized carbons (Fsp3) is 0.615. The molecule has 7 nitrogen and oxygen atoms in total. The van der Waals surface area contributed by atoms with Crippen molar-refractivity contribution >= 4 is 23.5 Å². The Balaban J connectivity index is 1.58. The Kier molecular flexibility index (Phi) is 5.76. The fourth-order valence-corrected chi connectivity index (χ4v) is 7.00. The maximum atomic E-state index is 13.2. The molecule has 4 rings (SSSR count). The van der Waals surface area contributed by atoms with Crippen molar-refractivity contribution in [3.63, 3.8) is 0 Å². The third kappa shape index (κ3) is 3.52. The van der Waals surface area contributed by atoms with E-state index in [0.717, 1.165) is 18.4 Å². The number of Topliss-reactive ketones (excluding diaryl/α,β-unsaturated/α-hetero) is 1. The molecule has 0 heterocycles. The van der Waals surface area contributed by atoms with Gasteiger partial charge < -0.3 is 14.9 Å². The predicted octanol–water partition coefficient (Wildman–Crippen LogP) is 3.17. The summed E-state index contributed by atoms with van der Waals surface area (Å²) in [7, 11) is 0. The van der Waals surface area contributed by atoms with E-state index in [-0.39, 0.29) is 41.8 Å². The molecule has 33 heavy (non-hydrogen) atoms. The zero-order valence-electron chi connectivity index (χ0n) is 19.4. The van der Waals surface area contributed by atoms with Gasteiger partial charge in [-0.2, -0.15) is 0 Å². The molecule has 2 N–H and O–H groups in total. The van der Waals surface area contributed by atoms with Crippen LogP contribution in [-0.2, 0) is 23.9 Å². The first-order chi connectivity index (χ1) is 15.4. The molecule has 178 valence electrons. The highest BCUT2D eigenvalue weighted by Crippen LogP contribution is 2.66. The molecule has 0 bridgehead atoms. The first-order valence-corrected chi connectivity index (χ1v) is 11.7. The molecule has 0 radical (unpaired) electrons. The molecule has 0 aromatic rings. The highest BCUT2D eigenvalue weighted by atomic mass is 16.5. The molecule has 4 aliphatic rings. The van der Waals surface area contributed by atoms with Crippen molar-refractivity contribution in [1.82, 2.24) is 0 Å². The number of hydrogen-bond donors (Lipinski definition) is 2. The number of carbonyl (C=O) groups is 4. The Morgan fingerprint density at radius 2 is 1.94 bits per heavy atom. The largest absolute Gasteiger partial charge is 0.481 e. The summed E-state index contributed by atoms with van der Waals surface area (Å²) in [5, 5.41) is 20.5. The summed E-state index contributed by atoms with van der Waals surface area (Å²) in [5.74, 6) is -2.39. The molecule has 0 spiro atoms. The quantitative estimate of drug-likeness (QED) is 0.465. The highest BCUT2D eigenvalue weighted by molar-refractivity contribution is 6.01. The number of carbonyl (C=O) groups excluding carboxylic acids is 3. The lowest BCUT2D eigenvalue weighted by Gasteiger charge is -2.53. The standard InChI is InChI=1S/C26H32O7/c1-15-12-20-18-5-4-16-13-17(27)8-10-24(16,2)19(18)9-11-25(20,3)26(15,32)21(28)14-33-23(31)7-6-22(29)30/h8-10,13,15,18,20,32H,4-7,11-12,14H2,1-3H3,(H,29,30)/t15-,18?,20?,24+,25+,26+/m1/s1. The van der Waals surface area contributed by atoms with Crippen molar-refractivity contribution in [2.24, 2.45) is 28.6 Å². The van der Waals surface area contributed by atoms with Gasteiger partial charge in [-0.25, -0.2) is 0 Å². The van der Waals surface area contributed by atoms with Gasteiger partial charge in [0.15, 0.2) is 12.4 Å². The summed E-state index contributed by atoms with van der Waals surface area (Å²) >= 11 is 0. The highest BCUT2D eigenvalue weighted by Gasteiger charge is 2.67. The number of aliphatic carboxylic acids is 1. The number of ether oxygens (including phenoxy) is 1. The minimum absolute atomic E-state index is 0.0227. The van der Waals surface area contributed by atoms with E-state index >= 15 is 0 Å². The summed E-state index contributed by atoms with van der Waals surface area (Å²) < 4.78 is 5.03. The van der Waals surface area contributed by atoms with Crippen molar-refractivity contribution in [2.45, 2.75) is 64.9 Å². The molecule has 0 amide bonds. The average Bonchev–Trinajstić information content (AvgIpc) is 2.98. The normalized spacial score (nSPS) is 39.0. The van der Waals surface area contributed by atoms with Crippen LogP contribution in [-0.4, -0.2) is 45.9 Å². The molecule has 2 fully saturated rings. The molecule has 7 heteroatoms. The Morgan fingerprint density at radius 1 is 1.21 bits per heavy atom. The first kappa shape index (κ1) is 23.6. The number of rotatable bonds is 6. The Hall–Kier alpha value is -2.54. The van der Waals surface area contributed by atoms with Crippen LogP contribution < -0.4 is 0 Å². The third-order valence-corrected chi connectivity index (χ3v) is 8.86. The maximum Gasteiger partial charge on any atom is 0.306 e. The van der Waals surface area contributed by atoms with E-state index in [2.05, 4.69) is 13.0 Å². The van der Waals surface area contributed by atoms with Crippen LogP contribution in [0.3, 0.4) is 0 Å². The van der Waals surface area contributed by atoms with Gasteiger partial charge in [0.2, 0.25) is 5.78 Å². The van der Waals surface area contributed by atoms with Crippen molar-refractivity contribution in [1.29, 1.82) is 0 Å². The zero-order chi connectivity index (χ0) is 24.2. The fourth-order valence-electron chi connectivity index (χ4n) is 7.00. The van der Waals surface area contributed by atoms with Crippen LogP contribution in [0.2, 0.25) is 0 Å². The lowest BCUT2D eigenvalue weighted by atomic mass is 9.51. The van der Waals surface area contributed by atoms with Gasteiger partial charge in [0.1, 0.15) is 5.60 Å². The van der Waals surface area contributed by atoms with E-state index in [4.69, 9.17) is 9.84 Å². The van der Waals surface area contributed by atoms with Crippen molar-refractivity contribution in [3.8, 4) is 0 Å². The molecule has 2 unspecified atom stereocenters. The van der Waals surface area contributed by atoms with E-state index in [0.29, 0.717) is 12.8 Å². The Bertz CT molecular complexity index is 1000. The zero-order valence-corrected chi connectivity index (χ0v) is 19.4. The van der Waals surface area contributed by atoms with Gasteiger partial charge in [-0.15, -0.1) is 0 Å². The molecular weight excluding hydrogens is 424 g/mol. The van der Waals surface area contributed by atoms with Gasteiger partial charge in [-0.3, -0.25) is 19.2 Å². The lowest BCUT2D eigenvalue weighted by Crippen LogP contribution is -2.57. The van der Waals surface area contributed by atoms with E-state index in [1.165, 1.54) is 5.57 Å². The lowest BCUT2D eigenvalue weighted by molar-refractivity contribution is -0.168. The van der Waals surface area contributed by atoms with Gasteiger partial charge in [-0.05, 0) is 62.5 Å². The molecular formula is C26H32O7. The van der Waals surface area contributed by atoms with Gasteiger partial charge in [0, 0.05) is 10.8 Å². The molecule has 0 aromatic heterocycles. The van der Waals surface area contributed by atoms with Gasteiger partial charge in [0.25, 0.3) is 0 Å². The summed E-state index contributed by atoms with van der Waals surface area (Å²) in [6.07, 6.45) is 9.75. The van der Waals surface area contributed by atoms with E-state index in [1.807, 2.05) is 19.9 Å². The Morgan fingerprint density at radius 3 is 2.64 bits per heavy atom. The first-order valence-electron chi connectivity index (χ1n) is 11.7. The number of carboxylic acids is 1. The molecule has 4 aliphatic carbocycles. The van der Waals surface area contributed by atoms with Crippen LogP contribution in [0, 0.1) is 28.6 Å². The average molecular weight is 457 g/mol. The number of fused-ring (bicyclic) bond motifs is 5. The van der Waals surface area contributed by atoms with Crippen LogP contribution >= 0.6 is 0 Å². The predicted molar refractivity (Wildman–Crippen MR) is 119 cm³/mol. The maximum absolute atomic E-state index is 13.2. The van der Waals surface area contributed by atoms with Crippen LogP contribution in [0.1, 0.15) is 59.3 Å². The summed E-state index contributed by atoms with van der Waals surface area (Å²) in [6.45, 7) is 5.43. The van der Waals surface area contributed by atoms with Crippen molar-refractivity contribution in [2.75, 3.05) is 6.61 Å². The smallest absolute Gasteiger partial charge is 0.306 e. The molecule has 0 saturated heterocycles. The minimum atomic E-state index is -1.64. The number of esters is 1. The molecule has 2 saturated carbocycles. The summed E-state index contributed by atoms with van der Waals surface area (Å²) in [4.78, 5) is 47.6. The van der Waals surface area contributed by atoms with E-state index in [1.54, 1.807) is 12.2 Å². The topological polar surface area (TPSA) is 118 Å². The van der Waals surface area contributed by atoms with Crippen molar-refractivity contribution < 1.29 is 34.1 Å². The number of ketones is 2. The third-order valence-electron chi connectivity index (χ3n) is 8.86. The van der Waals surface area contributed by atoms with Gasteiger partial charge >= 0.3 is 11.9 Å². The number of hydrogen-bond acceptors (Lipinski definition) is 6. The van der Waals surface area contributed by atoms with Crippen LogP contribution in [0.5, 0.6) is 0 Å².